The Hall–Kier alpha value is -3.38. The summed E-state index contributed by atoms with van der Waals surface area (Å²) in [5, 5.41) is 14.5. The van der Waals surface area contributed by atoms with Crippen molar-refractivity contribution in [3.8, 4) is 11.3 Å². The van der Waals surface area contributed by atoms with Crippen LogP contribution in [-0.4, -0.2) is 62.2 Å². The summed E-state index contributed by atoms with van der Waals surface area (Å²) in [6, 6.07) is 0. The molecule has 1 aliphatic heterocycles. The van der Waals surface area contributed by atoms with Gasteiger partial charge in [0, 0.05) is 33.0 Å². The molecule has 10 nitrogen and oxygen atoms in total. The number of carbonyl (C=O) groups excluding carboxylic acids is 1. The van der Waals surface area contributed by atoms with Gasteiger partial charge < -0.3 is 15.0 Å². The number of alkyl halides is 3. The number of nitrogens with zero attached hydrogens (tertiary/aromatic N) is 5. The van der Waals surface area contributed by atoms with Crippen molar-refractivity contribution in [1.29, 1.82) is 0 Å². The van der Waals surface area contributed by atoms with Crippen LogP contribution in [0.15, 0.2) is 12.4 Å². The number of aromatic amines is 2. The third-order valence-corrected chi connectivity index (χ3v) is 5.12. The lowest BCUT2D eigenvalue weighted by Gasteiger charge is -2.39. The summed E-state index contributed by atoms with van der Waals surface area (Å²) in [6.07, 6.45) is -1.32. The fourth-order valence-corrected chi connectivity index (χ4v) is 3.40. The molecule has 160 valence electrons. The molecule has 3 N–H and O–H groups in total. The highest BCUT2D eigenvalue weighted by atomic mass is 19.4. The van der Waals surface area contributed by atoms with Crippen LogP contribution in [-0.2, 0) is 10.9 Å². The maximum Gasteiger partial charge on any atom is 0.433 e. The lowest BCUT2D eigenvalue weighted by Crippen LogP contribution is -2.46. The van der Waals surface area contributed by atoms with Crippen LogP contribution >= 0.6 is 0 Å². The predicted octanol–water partition coefficient (Wildman–Crippen LogP) is 2.48. The first-order valence-corrected chi connectivity index (χ1v) is 9.18. The van der Waals surface area contributed by atoms with Crippen molar-refractivity contribution in [2.24, 2.45) is 0 Å². The fourth-order valence-electron chi connectivity index (χ4n) is 3.40. The average molecular weight is 424 g/mol. The van der Waals surface area contributed by atoms with E-state index in [2.05, 4.69) is 30.6 Å². The second-order valence-corrected chi connectivity index (χ2v) is 7.23. The molecule has 1 fully saturated rings. The second kappa shape index (κ2) is 7.15. The van der Waals surface area contributed by atoms with Crippen molar-refractivity contribution < 1.29 is 22.7 Å². The van der Waals surface area contributed by atoms with Crippen molar-refractivity contribution >= 4 is 23.1 Å². The largest absolute Gasteiger partial charge is 0.443 e. The number of alkyl carbamates (subject to hydrolysis) is 1. The van der Waals surface area contributed by atoms with Crippen LogP contribution in [0, 0.1) is 0 Å². The van der Waals surface area contributed by atoms with E-state index < -0.39 is 23.6 Å². The van der Waals surface area contributed by atoms with Gasteiger partial charge in [-0.05, 0) is 6.92 Å². The Balaban J connectivity index is 1.55. The van der Waals surface area contributed by atoms with Crippen LogP contribution in [0.1, 0.15) is 25.5 Å². The van der Waals surface area contributed by atoms with Crippen LogP contribution < -0.4 is 10.2 Å². The van der Waals surface area contributed by atoms with Gasteiger partial charge in [0.25, 0.3) is 0 Å². The van der Waals surface area contributed by atoms with E-state index in [1.165, 1.54) is 13.2 Å². The van der Waals surface area contributed by atoms with Gasteiger partial charge in [0.2, 0.25) is 0 Å². The zero-order chi connectivity index (χ0) is 21.5. The van der Waals surface area contributed by atoms with E-state index >= 15 is 0 Å². The van der Waals surface area contributed by atoms with Crippen LogP contribution in [0.3, 0.4) is 0 Å². The number of hydrogen-bond acceptors (Lipinski definition) is 7. The molecule has 13 heteroatoms. The number of halogens is 3. The summed E-state index contributed by atoms with van der Waals surface area (Å²) in [5.74, 6) is 0.558. The van der Waals surface area contributed by atoms with E-state index in [1.807, 2.05) is 16.9 Å². The molecule has 1 saturated heterocycles. The lowest BCUT2D eigenvalue weighted by molar-refractivity contribution is -0.140. The number of fused-ring (bicyclic) bond motifs is 1. The second-order valence-electron chi connectivity index (χ2n) is 7.23. The van der Waals surface area contributed by atoms with Crippen molar-refractivity contribution in [1.82, 2.24) is 35.7 Å². The van der Waals surface area contributed by atoms with Gasteiger partial charge in [0.05, 0.1) is 18.0 Å². The molecule has 30 heavy (non-hydrogen) atoms. The summed E-state index contributed by atoms with van der Waals surface area (Å²) in [6.45, 7) is 3.03. The Morgan fingerprint density at radius 1 is 1.27 bits per heavy atom. The monoisotopic (exact) mass is 424 g/mol. The topological polar surface area (TPSA) is 125 Å². The number of ether oxygens (including phenoxy) is 1. The number of nitrogens with one attached hydrogen (secondary N) is 3. The molecule has 0 bridgehead atoms. The summed E-state index contributed by atoms with van der Waals surface area (Å²) in [5.41, 5.74) is -1.26. The zero-order valence-electron chi connectivity index (χ0n) is 16.2. The van der Waals surface area contributed by atoms with Gasteiger partial charge in [0.15, 0.2) is 5.65 Å². The summed E-state index contributed by atoms with van der Waals surface area (Å²) in [7, 11) is 1.51. The predicted molar refractivity (Wildman–Crippen MR) is 99.7 cm³/mol. The third-order valence-electron chi connectivity index (χ3n) is 5.12. The molecule has 0 unspecified atom stereocenters. The fraction of sp³-hybridized carbons (Fsp3) is 0.471. The molecule has 0 atom stereocenters. The highest BCUT2D eigenvalue weighted by molar-refractivity contribution is 5.88. The molecule has 0 spiro atoms. The molecular formula is C17H19F3N8O2. The van der Waals surface area contributed by atoms with Gasteiger partial charge in [0.1, 0.15) is 28.3 Å². The van der Waals surface area contributed by atoms with Gasteiger partial charge in [-0.1, -0.05) is 0 Å². The lowest BCUT2D eigenvalue weighted by atomic mass is 9.93. The van der Waals surface area contributed by atoms with E-state index in [9.17, 15) is 18.0 Å². The van der Waals surface area contributed by atoms with Crippen molar-refractivity contribution in [3.63, 3.8) is 0 Å². The normalized spacial score (nSPS) is 16.6. The van der Waals surface area contributed by atoms with Gasteiger partial charge >= 0.3 is 12.3 Å². The molecule has 4 rings (SSSR count). The van der Waals surface area contributed by atoms with Crippen molar-refractivity contribution in [3.05, 3.63) is 18.1 Å². The number of anilines is 1. The molecule has 0 radical (unpaired) electrons. The standard InChI is InChI=1S/C17H19F3N8O2/c1-16(30-15(29)21-2)3-5-28(6-4-16)10-8-22-12-11(25-27-14(12)24-10)9-7-23-26-13(9)17(18,19)20/h7-8H,3-6H2,1-2H3,(H,21,29)(H,23,26)(H,24,25,27). The number of aromatic nitrogens is 6. The number of H-pyrrole nitrogens is 2. The Kier molecular flexibility index (Phi) is 4.74. The highest BCUT2D eigenvalue weighted by Crippen LogP contribution is 2.36. The Morgan fingerprint density at radius 3 is 2.67 bits per heavy atom. The summed E-state index contributed by atoms with van der Waals surface area (Å²) >= 11 is 0. The first-order chi connectivity index (χ1) is 14.2. The SMILES string of the molecule is CNC(=O)OC1(C)CCN(c2cnc3c(-c4cn[nH]c4C(F)(F)F)n[nH]c3n2)CC1. The molecule has 0 aliphatic carbocycles. The molecule has 1 aliphatic rings. The van der Waals surface area contributed by atoms with Crippen molar-refractivity contribution in [2.45, 2.75) is 31.5 Å². The number of hydrogen-bond donors (Lipinski definition) is 3. The summed E-state index contributed by atoms with van der Waals surface area (Å²) < 4.78 is 44.9. The molecule has 1 amide bonds. The van der Waals surface area contributed by atoms with E-state index in [1.54, 1.807) is 0 Å². The minimum absolute atomic E-state index is 0.0234. The van der Waals surface area contributed by atoms with Crippen LogP contribution in [0.5, 0.6) is 0 Å². The number of piperidine rings is 1. The Morgan fingerprint density at radius 2 is 2.00 bits per heavy atom. The first kappa shape index (κ1) is 19.9. The number of amides is 1. The molecule has 0 aromatic carbocycles. The van der Waals surface area contributed by atoms with Gasteiger partial charge in [-0.2, -0.15) is 23.4 Å². The maximum atomic E-state index is 13.2. The highest BCUT2D eigenvalue weighted by Gasteiger charge is 2.37. The molecule has 0 saturated carbocycles. The van der Waals surface area contributed by atoms with E-state index in [-0.39, 0.29) is 22.4 Å². The third kappa shape index (κ3) is 3.62. The molecule has 3 aromatic heterocycles. The van der Waals surface area contributed by atoms with E-state index in [4.69, 9.17) is 4.74 Å². The minimum Gasteiger partial charge on any atom is -0.443 e. The minimum atomic E-state index is -4.60. The maximum absolute atomic E-state index is 13.2. The zero-order valence-corrected chi connectivity index (χ0v) is 16.2. The molecular weight excluding hydrogens is 405 g/mol. The van der Waals surface area contributed by atoms with Crippen LogP contribution in [0.2, 0.25) is 0 Å². The average Bonchev–Trinajstić information content (AvgIpc) is 3.34. The Bertz CT molecular complexity index is 1070. The van der Waals surface area contributed by atoms with Gasteiger partial charge in [-0.15, -0.1) is 0 Å². The number of carbonyl (C=O) groups is 1. The Labute approximate surface area is 168 Å². The van der Waals surface area contributed by atoms with E-state index in [0.717, 1.165) is 6.20 Å². The summed E-state index contributed by atoms with van der Waals surface area (Å²) in [4.78, 5) is 22.2. The number of rotatable bonds is 3. The molecule has 3 aromatic rings. The van der Waals surface area contributed by atoms with E-state index in [0.29, 0.717) is 31.7 Å². The quantitative estimate of drug-likeness (QED) is 0.590. The first-order valence-electron chi connectivity index (χ1n) is 9.18. The van der Waals surface area contributed by atoms with Gasteiger partial charge in [-0.3, -0.25) is 10.2 Å². The van der Waals surface area contributed by atoms with Crippen LogP contribution in [0.25, 0.3) is 22.4 Å². The van der Waals surface area contributed by atoms with Crippen molar-refractivity contribution in [2.75, 3.05) is 25.0 Å². The van der Waals surface area contributed by atoms with Crippen LogP contribution in [0.4, 0.5) is 23.8 Å². The van der Waals surface area contributed by atoms with Gasteiger partial charge in [-0.25, -0.2) is 14.8 Å². The molecule has 4 heterocycles. The smallest absolute Gasteiger partial charge is 0.433 e.